The fraction of sp³-hybridized carbons (Fsp3) is 1.00. The summed E-state index contributed by atoms with van der Waals surface area (Å²) in [4.78, 5) is 1.36. The van der Waals surface area contributed by atoms with E-state index >= 15 is 0 Å². The van der Waals surface area contributed by atoms with Gasteiger partial charge in [-0.1, -0.05) is 25.7 Å². The number of halogens is 3. The summed E-state index contributed by atoms with van der Waals surface area (Å²) in [5.74, 6) is 0. The van der Waals surface area contributed by atoms with Gasteiger partial charge in [0, 0.05) is 19.6 Å². The molecule has 0 aromatic heterocycles. The predicted octanol–water partition coefficient (Wildman–Crippen LogP) is 2.40. The molecule has 0 aromatic rings. The van der Waals surface area contributed by atoms with Gasteiger partial charge in [0.2, 0.25) is 0 Å². The van der Waals surface area contributed by atoms with Crippen LogP contribution in [0.2, 0.25) is 0 Å². The van der Waals surface area contributed by atoms with E-state index in [1.165, 1.54) is 17.7 Å². The van der Waals surface area contributed by atoms with E-state index in [2.05, 4.69) is 5.32 Å². The Balaban J connectivity index is 2.72. The Kier molecular flexibility index (Phi) is 7.26. The molecule has 2 N–H and O–H groups in total. The van der Waals surface area contributed by atoms with Crippen molar-refractivity contribution >= 4 is 0 Å². The SMILES string of the molecule is CNCC1(CN(CCO)CC(F)(F)F)CCCCCC1. The first-order chi connectivity index (χ1) is 9.41. The van der Waals surface area contributed by atoms with Crippen LogP contribution in [0.3, 0.4) is 0 Å². The number of nitrogens with zero attached hydrogens (tertiary/aromatic N) is 1. The molecule has 0 radical (unpaired) electrons. The molecule has 0 heterocycles. The Labute approximate surface area is 119 Å². The molecule has 0 aromatic carbocycles. The monoisotopic (exact) mass is 296 g/mol. The summed E-state index contributed by atoms with van der Waals surface area (Å²) in [5.41, 5.74) is -0.0916. The summed E-state index contributed by atoms with van der Waals surface area (Å²) in [6.45, 7) is 0.0798. The summed E-state index contributed by atoms with van der Waals surface area (Å²) in [5, 5.41) is 12.2. The summed E-state index contributed by atoms with van der Waals surface area (Å²) in [6, 6.07) is 0. The van der Waals surface area contributed by atoms with Crippen molar-refractivity contribution in [2.75, 3.05) is 39.8 Å². The molecule has 0 aliphatic heterocycles. The van der Waals surface area contributed by atoms with Crippen LogP contribution in [0.5, 0.6) is 0 Å². The van der Waals surface area contributed by atoms with Gasteiger partial charge in [-0.25, -0.2) is 0 Å². The molecule has 6 heteroatoms. The zero-order valence-corrected chi connectivity index (χ0v) is 12.3. The van der Waals surface area contributed by atoms with Gasteiger partial charge in [-0.2, -0.15) is 13.2 Å². The van der Waals surface area contributed by atoms with Crippen LogP contribution in [-0.2, 0) is 0 Å². The molecule has 0 atom stereocenters. The number of rotatable bonds is 7. The number of nitrogens with one attached hydrogen (secondary N) is 1. The van der Waals surface area contributed by atoms with Crippen LogP contribution in [-0.4, -0.2) is 56.0 Å². The second-order valence-electron chi connectivity index (χ2n) is 5.99. The summed E-state index contributed by atoms with van der Waals surface area (Å²) in [7, 11) is 1.85. The van der Waals surface area contributed by atoms with Crippen molar-refractivity contribution in [1.29, 1.82) is 0 Å². The first kappa shape index (κ1) is 17.7. The molecule has 0 amide bonds. The third kappa shape index (κ3) is 6.41. The van der Waals surface area contributed by atoms with Crippen molar-refractivity contribution in [2.24, 2.45) is 5.41 Å². The van der Waals surface area contributed by atoms with Gasteiger partial charge in [-0.15, -0.1) is 0 Å². The van der Waals surface area contributed by atoms with Gasteiger partial charge < -0.3 is 10.4 Å². The van der Waals surface area contributed by atoms with E-state index in [-0.39, 0.29) is 18.6 Å². The molecule has 120 valence electrons. The smallest absolute Gasteiger partial charge is 0.395 e. The molecule has 1 aliphatic rings. The highest BCUT2D eigenvalue weighted by Crippen LogP contribution is 2.36. The van der Waals surface area contributed by atoms with E-state index in [4.69, 9.17) is 5.11 Å². The molecule has 0 bridgehead atoms. The van der Waals surface area contributed by atoms with Crippen LogP contribution < -0.4 is 5.32 Å². The lowest BCUT2D eigenvalue weighted by atomic mass is 9.79. The average Bonchev–Trinajstić information content (AvgIpc) is 2.53. The Bertz CT molecular complexity index is 264. The maximum absolute atomic E-state index is 12.6. The zero-order chi connectivity index (χ0) is 15.1. The molecule has 1 aliphatic carbocycles. The van der Waals surface area contributed by atoms with Crippen LogP contribution in [0.15, 0.2) is 0 Å². The van der Waals surface area contributed by atoms with Crippen molar-refractivity contribution in [3.63, 3.8) is 0 Å². The van der Waals surface area contributed by atoms with E-state index in [0.717, 1.165) is 32.2 Å². The summed E-state index contributed by atoms with van der Waals surface area (Å²) in [6.07, 6.45) is 2.23. The van der Waals surface area contributed by atoms with Crippen molar-refractivity contribution in [2.45, 2.75) is 44.7 Å². The van der Waals surface area contributed by atoms with Crippen molar-refractivity contribution in [1.82, 2.24) is 10.2 Å². The minimum Gasteiger partial charge on any atom is -0.395 e. The second kappa shape index (κ2) is 8.20. The summed E-state index contributed by atoms with van der Waals surface area (Å²) < 4.78 is 37.9. The number of hydrogen-bond acceptors (Lipinski definition) is 3. The lowest BCUT2D eigenvalue weighted by Gasteiger charge is -2.38. The van der Waals surface area contributed by atoms with E-state index in [1.54, 1.807) is 0 Å². The lowest BCUT2D eigenvalue weighted by molar-refractivity contribution is -0.150. The van der Waals surface area contributed by atoms with Gasteiger partial charge in [0.05, 0.1) is 13.2 Å². The minimum absolute atomic E-state index is 0.0883. The first-order valence-corrected chi connectivity index (χ1v) is 7.45. The van der Waals surface area contributed by atoms with Crippen LogP contribution in [0.4, 0.5) is 13.2 Å². The topological polar surface area (TPSA) is 35.5 Å². The Morgan fingerprint density at radius 2 is 1.75 bits per heavy atom. The van der Waals surface area contributed by atoms with E-state index in [9.17, 15) is 13.2 Å². The van der Waals surface area contributed by atoms with Crippen LogP contribution in [0, 0.1) is 5.41 Å². The summed E-state index contributed by atoms with van der Waals surface area (Å²) >= 11 is 0. The van der Waals surface area contributed by atoms with Gasteiger partial charge in [-0.3, -0.25) is 4.90 Å². The molecule has 0 saturated heterocycles. The third-order valence-corrected chi connectivity index (χ3v) is 4.09. The molecular weight excluding hydrogens is 269 g/mol. The number of aliphatic hydroxyl groups is 1. The maximum atomic E-state index is 12.6. The lowest BCUT2D eigenvalue weighted by Crippen LogP contribution is -2.47. The van der Waals surface area contributed by atoms with Crippen molar-refractivity contribution in [3.05, 3.63) is 0 Å². The average molecular weight is 296 g/mol. The standard InChI is InChI=1S/C14H27F3N2O/c1-18-10-13(6-4-2-3-5-7-13)11-19(8-9-20)12-14(15,16)17/h18,20H,2-12H2,1H3. The van der Waals surface area contributed by atoms with Gasteiger partial charge in [0.1, 0.15) is 0 Å². The molecule has 0 unspecified atom stereocenters. The zero-order valence-electron chi connectivity index (χ0n) is 12.3. The number of hydrogen-bond donors (Lipinski definition) is 2. The molecule has 1 rings (SSSR count). The second-order valence-corrected chi connectivity index (χ2v) is 5.99. The normalized spacial score (nSPS) is 20.1. The van der Waals surface area contributed by atoms with Gasteiger partial charge in [0.25, 0.3) is 0 Å². The largest absolute Gasteiger partial charge is 0.401 e. The molecule has 0 spiro atoms. The van der Waals surface area contributed by atoms with Gasteiger partial charge in [0.15, 0.2) is 0 Å². The molecule has 3 nitrogen and oxygen atoms in total. The van der Waals surface area contributed by atoms with Crippen LogP contribution >= 0.6 is 0 Å². The van der Waals surface area contributed by atoms with E-state index in [0.29, 0.717) is 6.54 Å². The fourth-order valence-corrected chi connectivity index (χ4v) is 3.33. The highest BCUT2D eigenvalue weighted by Gasteiger charge is 2.36. The fourth-order valence-electron chi connectivity index (χ4n) is 3.33. The Morgan fingerprint density at radius 1 is 1.15 bits per heavy atom. The predicted molar refractivity (Wildman–Crippen MR) is 73.6 cm³/mol. The Morgan fingerprint density at radius 3 is 2.20 bits per heavy atom. The highest BCUT2D eigenvalue weighted by molar-refractivity contribution is 4.87. The van der Waals surface area contributed by atoms with Crippen molar-refractivity contribution < 1.29 is 18.3 Å². The molecule has 1 saturated carbocycles. The molecule has 1 fully saturated rings. The number of alkyl halides is 3. The highest BCUT2D eigenvalue weighted by atomic mass is 19.4. The quantitative estimate of drug-likeness (QED) is 0.708. The van der Waals surface area contributed by atoms with Gasteiger partial charge in [-0.05, 0) is 25.3 Å². The molecule has 20 heavy (non-hydrogen) atoms. The first-order valence-electron chi connectivity index (χ1n) is 7.45. The molecular formula is C14H27F3N2O. The maximum Gasteiger partial charge on any atom is 0.401 e. The van der Waals surface area contributed by atoms with Crippen molar-refractivity contribution in [3.8, 4) is 0 Å². The number of aliphatic hydroxyl groups excluding tert-OH is 1. The van der Waals surface area contributed by atoms with Crippen LogP contribution in [0.25, 0.3) is 0 Å². The minimum atomic E-state index is -4.21. The van der Waals surface area contributed by atoms with E-state index < -0.39 is 12.7 Å². The Hall–Kier alpha value is -0.330. The van der Waals surface area contributed by atoms with Crippen LogP contribution in [0.1, 0.15) is 38.5 Å². The van der Waals surface area contributed by atoms with Gasteiger partial charge >= 0.3 is 6.18 Å². The van der Waals surface area contributed by atoms with E-state index in [1.807, 2.05) is 7.05 Å². The third-order valence-electron chi connectivity index (χ3n) is 4.09.